The summed E-state index contributed by atoms with van der Waals surface area (Å²) in [6.07, 6.45) is 6.54. The van der Waals surface area contributed by atoms with E-state index in [0.717, 1.165) is 31.4 Å². The van der Waals surface area contributed by atoms with Crippen LogP contribution >= 0.6 is 0 Å². The Labute approximate surface area is 143 Å². The van der Waals surface area contributed by atoms with Gasteiger partial charge in [0, 0.05) is 12.2 Å². The maximum atomic E-state index is 12.8. The zero-order valence-corrected chi connectivity index (χ0v) is 15.1. The summed E-state index contributed by atoms with van der Waals surface area (Å²) in [7, 11) is -3.33. The molecule has 1 aromatic heterocycles. The van der Waals surface area contributed by atoms with Gasteiger partial charge >= 0.3 is 0 Å². The quantitative estimate of drug-likeness (QED) is 0.899. The summed E-state index contributed by atoms with van der Waals surface area (Å²) in [5, 5.41) is 2.88. The Hall–Kier alpha value is -1.47. The number of aromatic nitrogens is 1. The lowest BCUT2D eigenvalue weighted by molar-refractivity contribution is -0.120. The van der Waals surface area contributed by atoms with E-state index >= 15 is 0 Å². The molecule has 0 bridgehead atoms. The van der Waals surface area contributed by atoms with Crippen molar-refractivity contribution in [1.82, 2.24) is 9.29 Å². The molecule has 2 aliphatic rings. The van der Waals surface area contributed by atoms with E-state index in [-0.39, 0.29) is 17.6 Å². The minimum Gasteiger partial charge on any atom is -0.323 e. The van der Waals surface area contributed by atoms with Gasteiger partial charge < -0.3 is 5.32 Å². The molecule has 6 nitrogen and oxygen atoms in total. The largest absolute Gasteiger partial charge is 0.323 e. The van der Waals surface area contributed by atoms with E-state index in [1.54, 1.807) is 6.20 Å². The van der Waals surface area contributed by atoms with Crippen LogP contribution in [0.4, 0.5) is 5.69 Å². The van der Waals surface area contributed by atoms with Crippen molar-refractivity contribution in [2.75, 3.05) is 17.6 Å². The topological polar surface area (TPSA) is 79.4 Å². The highest BCUT2D eigenvalue weighted by Gasteiger charge is 2.39. The van der Waals surface area contributed by atoms with Crippen LogP contribution in [0.1, 0.15) is 44.4 Å². The summed E-state index contributed by atoms with van der Waals surface area (Å²) in [5.74, 6) is -0.235. The molecular weight excluding hydrogens is 326 g/mol. The molecule has 7 heteroatoms. The molecule has 1 aliphatic carbocycles. The number of nitrogens with one attached hydrogen (secondary N) is 1. The van der Waals surface area contributed by atoms with E-state index in [0.29, 0.717) is 18.7 Å². The average Bonchev–Trinajstić information content (AvgIpc) is 2.86. The molecule has 1 aliphatic heterocycles. The van der Waals surface area contributed by atoms with Crippen LogP contribution in [-0.4, -0.2) is 42.0 Å². The maximum Gasteiger partial charge on any atom is 0.243 e. The Morgan fingerprint density at radius 2 is 2.00 bits per heavy atom. The molecule has 1 saturated heterocycles. The number of rotatable bonds is 4. The SMILES string of the molecule is CC(C)C(C(=O)Nc1cnc2c(c1)CCCC2)N1CCCS1(=O)=O. The normalized spacial score (nSPS) is 21.5. The Balaban J connectivity index is 1.79. The molecule has 3 rings (SSSR count). The van der Waals surface area contributed by atoms with Gasteiger partial charge in [0.25, 0.3) is 0 Å². The number of sulfonamides is 1. The van der Waals surface area contributed by atoms with Crippen LogP contribution in [0.2, 0.25) is 0 Å². The third-order valence-corrected chi connectivity index (χ3v) is 6.71. The zero-order valence-electron chi connectivity index (χ0n) is 14.3. The fraction of sp³-hybridized carbons (Fsp3) is 0.647. The van der Waals surface area contributed by atoms with Crippen molar-refractivity contribution in [3.8, 4) is 0 Å². The van der Waals surface area contributed by atoms with Gasteiger partial charge in [0.2, 0.25) is 15.9 Å². The van der Waals surface area contributed by atoms with Gasteiger partial charge in [0.1, 0.15) is 6.04 Å². The number of fused-ring (bicyclic) bond motifs is 1. The average molecular weight is 351 g/mol. The standard InChI is InChI=1S/C17H25N3O3S/c1-12(2)16(20-8-5-9-24(20,22)23)17(21)19-14-10-13-6-3-4-7-15(13)18-11-14/h10-12,16H,3-9H2,1-2H3,(H,19,21). The maximum absolute atomic E-state index is 12.8. The van der Waals surface area contributed by atoms with Gasteiger partial charge in [-0.3, -0.25) is 9.78 Å². The van der Waals surface area contributed by atoms with Crippen LogP contribution in [0, 0.1) is 5.92 Å². The third kappa shape index (κ3) is 3.47. The molecule has 1 fully saturated rings. The highest BCUT2D eigenvalue weighted by atomic mass is 32.2. The minimum atomic E-state index is -3.33. The summed E-state index contributed by atoms with van der Waals surface area (Å²) in [4.78, 5) is 17.2. The first-order valence-electron chi connectivity index (χ1n) is 8.66. The minimum absolute atomic E-state index is 0.0940. The van der Waals surface area contributed by atoms with Gasteiger partial charge in [0.05, 0.1) is 17.6 Å². The number of hydrogen-bond donors (Lipinski definition) is 1. The lowest BCUT2D eigenvalue weighted by Crippen LogP contribution is -2.48. The first-order chi connectivity index (χ1) is 11.4. The van der Waals surface area contributed by atoms with Crippen molar-refractivity contribution >= 4 is 21.6 Å². The molecule has 2 heterocycles. The molecule has 1 amide bonds. The van der Waals surface area contributed by atoms with E-state index in [1.807, 2.05) is 19.9 Å². The molecule has 1 atom stereocenters. The van der Waals surface area contributed by atoms with E-state index < -0.39 is 16.1 Å². The van der Waals surface area contributed by atoms with Crippen LogP contribution in [0.5, 0.6) is 0 Å². The number of carbonyl (C=O) groups is 1. The van der Waals surface area contributed by atoms with Crippen molar-refractivity contribution in [2.24, 2.45) is 5.92 Å². The summed E-state index contributed by atoms with van der Waals surface area (Å²) < 4.78 is 25.7. The van der Waals surface area contributed by atoms with Crippen molar-refractivity contribution < 1.29 is 13.2 Å². The molecule has 0 saturated carbocycles. The molecule has 0 aromatic carbocycles. The number of aryl methyl sites for hydroxylation is 2. The van der Waals surface area contributed by atoms with Crippen molar-refractivity contribution in [1.29, 1.82) is 0 Å². The van der Waals surface area contributed by atoms with Crippen LogP contribution in [0.3, 0.4) is 0 Å². The molecule has 24 heavy (non-hydrogen) atoms. The fourth-order valence-electron chi connectivity index (χ4n) is 3.61. The number of carbonyl (C=O) groups excluding carboxylic acids is 1. The third-order valence-electron chi connectivity index (χ3n) is 4.79. The van der Waals surface area contributed by atoms with Gasteiger partial charge in [-0.25, -0.2) is 8.42 Å². The Morgan fingerprint density at radius 1 is 1.25 bits per heavy atom. The monoisotopic (exact) mass is 351 g/mol. The second kappa shape index (κ2) is 6.80. The van der Waals surface area contributed by atoms with Crippen molar-refractivity contribution in [3.63, 3.8) is 0 Å². The predicted octanol–water partition coefficient (Wildman–Crippen LogP) is 1.96. The molecule has 132 valence electrons. The molecule has 1 N–H and O–H groups in total. The number of hydrogen-bond acceptors (Lipinski definition) is 4. The first-order valence-corrected chi connectivity index (χ1v) is 10.3. The van der Waals surface area contributed by atoms with Crippen LogP contribution in [-0.2, 0) is 27.7 Å². The second-order valence-corrected chi connectivity index (χ2v) is 9.04. The summed E-state index contributed by atoms with van der Waals surface area (Å²) >= 11 is 0. The van der Waals surface area contributed by atoms with Gasteiger partial charge in [0.15, 0.2) is 0 Å². The number of nitrogens with zero attached hydrogens (tertiary/aromatic N) is 2. The van der Waals surface area contributed by atoms with E-state index in [4.69, 9.17) is 0 Å². The Bertz CT molecular complexity index is 731. The molecule has 0 spiro atoms. The number of pyridine rings is 1. The van der Waals surface area contributed by atoms with Gasteiger partial charge in [-0.05, 0) is 49.7 Å². The van der Waals surface area contributed by atoms with Gasteiger partial charge in [-0.2, -0.15) is 4.31 Å². The van der Waals surface area contributed by atoms with Crippen molar-refractivity contribution in [3.05, 3.63) is 23.5 Å². The smallest absolute Gasteiger partial charge is 0.243 e. The van der Waals surface area contributed by atoms with Gasteiger partial charge in [-0.1, -0.05) is 13.8 Å². The summed E-state index contributed by atoms with van der Waals surface area (Å²) in [6.45, 7) is 4.17. The summed E-state index contributed by atoms with van der Waals surface area (Å²) in [5.41, 5.74) is 2.96. The zero-order chi connectivity index (χ0) is 17.3. The number of anilines is 1. The van der Waals surface area contributed by atoms with E-state index in [9.17, 15) is 13.2 Å². The first kappa shape index (κ1) is 17.4. The molecule has 1 aromatic rings. The lowest BCUT2D eigenvalue weighted by Gasteiger charge is -2.28. The predicted molar refractivity (Wildman–Crippen MR) is 93.2 cm³/mol. The van der Waals surface area contributed by atoms with E-state index in [1.165, 1.54) is 9.87 Å². The lowest BCUT2D eigenvalue weighted by atomic mass is 9.96. The summed E-state index contributed by atoms with van der Waals surface area (Å²) in [6, 6.07) is 1.31. The van der Waals surface area contributed by atoms with Crippen LogP contribution < -0.4 is 5.32 Å². The van der Waals surface area contributed by atoms with E-state index in [2.05, 4.69) is 10.3 Å². The van der Waals surface area contributed by atoms with Gasteiger partial charge in [-0.15, -0.1) is 0 Å². The molecular formula is C17H25N3O3S. The Morgan fingerprint density at radius 3 is 2.67 bits per heavy atom. The molecule has 0 radical (unpaired) electrons. The van der Waals surface area contributed by atoms with Crippen LogP contribution in [0.25, 0.3) is 0 Å². The fourth-order valence-corrected chi connectivity index (χ4v) is 5.43. The Kier molecular flexibility index (Phi) is 4.92. The van der Waals surface area contributed by atoms with Crippen molar-refractivity contribution in [2.45, 2.75) is 52.0 Å². The number of amides is 1. The highest BCUT2D eigenvalue weighted by Crippen LogP contribution is 2.25. The molecule has 1 unspecified atom stereocenters. The highest BCUT2D eigenvalue weighted by molar-refractivity contribution is 7.89. The second-order valence-electron chi connectivity index (χ2n) is 7.00. The van der Waals surface area contributed by atoms with Crippen LogP contribution in [0.15, 0.2) is 12.3 Å².